The van der Waals surface area contributed by atoms with Gasteiger partial charge in [0.2, 0.25) is 0 Å². The third-order valence-corrected chi connectivity index (χ3v) is 3.61. The highest BCUT2D eigenvalue weighted by molar-refractivity contribution is 5.42. The van der Waals surface area contributed by atoms with Gasteiger partial charge >= 0.3 is 0 Å². The van der Waals surface area contributed by atoms with Gasteiger partial charge in [-0.1, -0.05) is 24.6 Å². The third kappa shape index (κ3) is 4.39. The Morgan fingerprint density at radius 3 is 2.65 bits per heavy atom. The summed E-state index contributed by atoms with van der Waals surface area (Å²) in [5, 5.41) is 3.45. The predicted molar refractivity (Wildman–Crippen MR) is 74.4 cm³/mol. The van der Waals surface area contributed by atoms with E-state index in [-0.39, 0.29) is 0 Å². The molecule has 0 aromatic heterocycles. The largest absolute Gasteiger partial charge is 0.385 e. The fourth-order valence-corrected chi connectivity index (χ4v) is 2.35. The maximum Gasteiger partial charge on any atom is 0.0340 e. The molecule has 94 valence electrons. The second-order valence-corrected chi connectivity index (χ2v) is 5.21. The van der Waals surface area contributed by atoms with Crippen LogP contribution in [0.4, 0.5) is 5.69 Å². The summed E-state index contributed by atoms with van der Waals surface area (Å²) < 4.78 is 0. The van der Waals surface area contributed by atoms with Crippen LogP contribution < -0.4 is 5.32 Å². The first kappa shape index (κ1) is 12.4. The van der Waals surface area contributed by atoms with Gasteiger partial charge in [-0.2, -0.15) is 0 Å². The van der Waals surface area contributed by atoms with Gasteiger partial charge in [-0.25, -0.2) is 0 Å². The molecule has 2 rings (SSSR count). The van der Waals surface area contributed by atoms with Crippen LogP contribution in [0.25, 0.3) is 0 Å². The van der Waals surface area contributed by atoms with Gasteiger partial charge in [0.1, 0.15) is 0 Å². The van der Waals surface area contributed by atoms with Crippen LogP contribution in [0.1, 0.15) is 25.7 Å². The Kier molecular flexibility index (Phi) is 4.87. The van der Waals surface area contributed by atoms with Crippen LogP contribution in [0.2, 0.25) is 0 Å². The summed E-state index contributed by atoms with van der Waals surface area (Å²) in [7, 11) is 2.25. The van der Waals surface area contributed by atoms with E-state index in [9.17, 15) is 0 Å². The lowest BCUT2D eigenvalue weighted by atomic mass is 9.85. The number of anilines is 1. The highest BCUT2D eigenvalue weighted by atomic mass is 15.1. The van der Waals surface area contributed by atoms with Crippen molar-refractivity contribution in [1.82, 2.24) is 4.90 Å². The Bertz CT molecular complexity index is 306. The van der Waals surface area contributed by atoms with Gasteiger partial charge in [0.05, 0.1) is 0 Å². The summed E-state index contributed by atoms with van der Waals surface area (Å²) in [6, 6.07) is 10.4. The molecule has 1 aromatic carbocycles. The minimum Gasteiger partial charge on any atom is -0.385 e. The summed E-state index contributed by atoms with van der Waals surface area (Å²) in [5.74, 6) is 0.988. The van der Waals surface area contributed by atoms with Crippen molar-refractivity contribution in [3.05, 3.63) is 30.3 Å². The van der Waals surface area contributed by atoms with Crippen molar-refractivity contribution in [2.75, 3.05) is 32.0 Å². The summed E-state index contributed by atoms with van der Waals surface area (Å²) in [5.41, 5.74) is 1.23. The Morgan fingerprint density at radius 1 is 1.24 bits per heavy atom. The number of hydrogen-bond donors (Lipinski definition) is 1. The summed E-state index contributed by atoms with van der Waals surface area (Å²) >= 11 is 0. The smallest absolute Gasteiger partial charge is 0.0340 e. The van der Waals surface area contributed by atoms with E-state index in [1.165, 1.54) is 44.5 Å². The Hall–Kier alpha value is -1.02. The fourth-order valence-electron chi connectivity index (χ4n) is 2.35. The maximum atomic E-state index is 3.45. The van der Waals surface area contributed by atoms with E-state index in [1.54, 1.807) is 0 Å². The van der Waals surface area contributed by atoms with E-state index in [0.717, 1.165) is 12.5 Å². The molecule has 0 bridgehead atoms. The zero-order valence-electron chi connectivity index (χ0n) is 10.9. The highest BCUT2D eigenvalue weighted by Gasteiger charge is 2.18. The van der Waals surface area contributed by atoms with Gasteiger partial charge in [0.25, 0.3) is 0 Å². The molecule has 1 aliphatic rings. The molecule has 1 aromatic rings. The summed E-state index contributed by atoms with van der Waals surface area (Å²) in [6.07, 6.45) is 5.57. The summed E-state index contributed by atoms with van der Waals surface area (Å²) in [4.78, 5) is 2.48. The van der Waals surface area contributed by atoms with Crippen molar-refractivity contribution in [2.24, 2.45) is 5.92 Å². The Morgan fingerprint density at radius 2 is 2.00 bits per heavy atom. The number of nitrogens with zero attached hydrogens (tertiary/aromatic N) is 1. The van der Waals surface area contributed by atoms with Crippen LogP contribution in [0.3, 0.4) is 0 Å². The second-order valence-electron chi connectivity index (χ2n) is 5.21. The van der Waals surface area contributed by atoms with Crippen LogP contribution in [0.5, 0.6) is 0 Å². The second kappa shape index (κ2) is 6.65. The molecular weight excluding hydrogens is 208 g/mol. The van der Waals surface area contributed by atoms with Gasteiger partial charge in [-0.15, -0.1) is 0 Å². The van der Waals surface area contributed by atoms with Crippen LogP contribution in [-0.4, -0.2) is 31.6 Å². The molecule has 1 aliphatic carbocycles. The molecule has 1 fully saturated rings. The average molecular weight is 232 g/mol. The van der Waals surface area contributed by atoms with E-state index in [0.29, 0.717) is 0 Å². The van der Waals surface area contributed by atoms with Crippen molar-refractivity contribution >= 4 is 5.69 Å². The summed E-state index contributed by atoms with van der Waals surface area (Å²) in [6.45, 7) is 3.57. The van der Waals surface area contributed by atoms with Crippen LogP contribution in [0.15, 0.2) is 30.3 Å². The van der Waals surface area contributed by atoms with Crippen LogP contribution >= 0.6 is 0 Å². The van der Waals surface area contributed by atoms with Crippen LogP contribution in [-0.2, 0) is 0 Å². The monoisotopic (exact) mass is 232 g/mol. The lowest BCUT2D eigenvalue weighted by Crippen LogP contribution is -2.30. The molecule has 0 aliphatic heterocycles. The quantitative estimate of drug-likeness (QED) is 0.726. The zero-order valence-corrected chi connectivity index (χ0v) is 10.9. The van der Waals surface area contributed by atoms with E-state index >= 15 is 0 Å². The van der Waals surface area contributed by atoms with Crippen molar-refractivity contribution in [3.8, 4) is 0 Å². The van der Waals surface area contributed by atoms with Crippen LogP contribution in [0, 0.1) is 5.92 Å². The molecule has 0 saturated heterocycles. The lowest BCUT2D eigenvalue weighted by molar-refractivity contribution is 0.205. The molecule has 1 N–H and O–H groups in total. The van der Waals surface area contributed by atoms with E-state index in [1.807, 2.05) is 0 Å². The molecule has 0 heterocycles. The third-order valence-electron chi connectivity index (χ3n) is 3.61. The average Bonchev–Trinajstić information content (AvgIpc) is 2.31. The molecule has 0 spiro atoms. The first-order valence-electron chi connectivity index (χ1n) is 6.82. The van der Waals surface area contributed by atoms with Gasteiger partial charge < -0.3 is 10.2 Å². The number of para-hydroxylation sites is 1. The Balaban J connectivity index is 1.53. The Labute approximate surface area is 105 Å². The number of rotatable bonds is 7. The van der Waals surface area contributed by atoms with E-state index < -0.39 is 0 Å². The minimum absolute atomic E-state index is 0.988. The molecule has 17 heavy (non-hydrogen) atoms. The normalized spacial score (nSPS) is 15.9. The van der Waals surface area contributed by atoms with E-state index in [4.69, 9.17) is 0 Å². The molecule has 0 amide bonds. The van der Waals surface area contributed by atoms with Gasteiger partial charge in [0, 0.05) is 18.8 Å². The number of nitrogens with one attached hydrogen (secondary N) is 1. The number of hydrogen-bond acceptors (Lipinski definition) is 2. The van der Waals surface area contributed by atoms with Gasteiger partial charge in [-0.3, -0.25) is 0 Å². The van der Waals surface area contributed by atoms with Gasteiger partial charge in [-0.05, 0) is 50.9 Å². The lowest BCUT2D eigenvalue weighted by Gasteiger charge is -2.30. The molecule has 1 saturated carbocycles. The first-order chi connectivity index (χ1) is 8.34. The van der Waals surface area contributed by atoms with Crippen molar-refractivity contribution < 1.29 is 0 Å². The van der Waals surface area contributed by atoms with Crippen molar-refractivity contribution in [2.45, 2.75) is 25.7 Å². The van der Waals surface area contributed by atoms with Gasteiger partial charge in [0.15, 0.2) is 0 Å². The zero-order chi connectivity index (χ0) is 11.9. The molecular formula is C15H24N2. The first-order valence-corrected chi connectivity index (χ1v) is 6.82. The van der Waals surface area contributed by atoms with Crippen molar-refractivity contribution in [1.29, 1.82) is 0 Å². The molecule has 0 radical (unpaired) electrons. The standard InChI is InChI=1S/C15H24N2/c1-17(13-14-7-5-8-14)12-6-11-16-15-9-3-2-4-10-15/h2-4,9-10,14,16H,5-8,11-13H2,1H3. The SMILES string of the molecule is CN(CCCNc1ccccc1)CC1CCC1. The maximum absolute atomic E-state index is 3.45. The van der Waals surface area contributed by atoms with Crippen molar-refractivity contribution in [3.63, 3.8) is 0 Å². The molecule has 0 unspecified atom stereocenters. The minimum atomic E-state index is 0.988. The predicted octanol–water partition coefficient (Wildman–Crippen LogP) is 3.22. The topological polar surface area (TPSA) is 15.3 Å². The highest BCUT2D eigenvalue weighted by Crippen LogP contribution is 2.26. The fraction of sp³-hybridized carbons (Fsp3) is 0.600. The number of benzene rings is 1. The molecule has 0 atom stereocenters. The molecule has 2 nitrogen and oxygen atoms in total. The molecule has 2 heteroatoms. The van der Waals surface area contributed by atoms with E-state index in [2.05, 4.69) is 47.6 Å².